The van der Waals surface area contributed by atoms with Crippen LogP contribution in [-0.2, 0) is 4.74 Å². The number of hydrogen-bond acceptors (Lipinski definition) is 3. The summed E-state index contributed by atoms with van der Waals surface area (Å²) in [5.74, 6) is -2.25. The lowest BCUT2D eigenvalue weighted by Crippen LogP contribution is -2.27. The van der Waals surface area contributed by atoms with Gasteiger partial charge in [-0.05, 0) is 45.4 Å². The van der Waals surface area contributed by atoms with Gasteiger partial charge >= 0.3 is 12.1 Å². The fourth-order valence-electron chi connectivity index (χ4n) is 1.51. The third-order valence-electron chi connectivity index (χ3n) is 2.15. The van der Waals surface area contributed by atoms with Crippen LogP contribution in [0.1, 0.15) is 36.7 Å². The molecular formula is C13H16FNO4. The molecule has 0 aromatic heterocycles. The Labute approximate surface area is 110 Å². The molecule has 0 saturated carbocycles. The molecule has 0 bridgehead atoms. The first-order valence-corrected chi connectivity index (χ1v) is 5.63. The molecule has 0 fully saturated rings. The summed E-state index contributed by atoms with van der Waals surface area (Å²) >= 11 is 0. The van der Waals surface area contributed by atoms with Gasteiger partial charge in [0.2, 0.25) is 0 Å². The van der Waals surface area contributed by atoms with Crippen molar-refractivity contribution in [3.05, 3.63) is 29.1 Å². The molecule has 1 amide bonds. The molecule has 0 aliphatic carbocycles. The van der Waals surface area contributed by atoms with Crippen LogP contribution in [0.4, 0.5) is 14.9 Å². The highest BCUT2D eigenvalue weighted by Crippen LogP contribution is 2.20. The Hall–Kier alpha value is -2.11. The zero-order valence-corrected chi connectivity index (χ0v) is 11.2. The molecule has 19 heavy (non-hydrogen) atoms. The topological polar surface area (TPSA) is 75.6 Å². The molecule has 2 N–H and O–H groups in total. The maximum atomic E-state index is 13.6. The van der Waals surface area contributed by atoms with E-state index >= 15 is 0 Å². The first kappa shape index (κ1) is 14.9. The summed E-state index contributed by atoms with van der Waals surface area (Å²) < 4.78 is 18.6. The van der Waals surface area contributed by atoms with Crippen LogP contribution in [0.3, 0.4) is 0 Å². The van der Waals surface area contributed by atoms with Gasteiger partial charge in [0.15, 0.2) is 0 Å². The van der Waals surface area contributed by atoms with Crippen LogP contribution in [0.25, 0.3) is 0 Å². The van der Waals surface area contributed by atoms with E-state index in [1.54, 1.807) is 20.8 Å². The number of halogens is 1. The minimum atomic E-state index is -1.35. The van der Waals surface area contributed by atoms with E-state index in [0.29, 0.717) is 0 Å². The van der Waals surface area contributed by atoms with Gasteiger partial charge in [-0.2, -0.15) is 0 Å². The van der Waals surface area contributed by atoms with Gasteiger partial charge in [-0.25, -0.2) is 14.0 Å². The van der Waals surface area contributed by atoms with Gasteiger partial charge in [-0.3, -0.25) is 5.32 Å². The van der Waals surface area contributed by atoms with Crippen LogP contribution >= 0.6 is 0 Å². The Bertz CT molecular complexity index is 497. The Balaban J connectivity index is 2.93. The summed E-state index contributed by atoms with van der Waals surface area (Å²) in [5.41, 5.74) is -0.707. The minimum absolute atomic E-state index is 0.147. The van der Waals surface area contributed by atoms with E-state index in [1.807, 2.05) is 0 Å². The van der Waals surface area contributed by atoms with Crippen molar-refractivity contribution in [3.8, 4) is 0 Å². The van der Waals surface area contributed by atoms with E-state index in [2.05, 4.69) is 5.32 Å². The van der Waals surface area contributed by atoms with Gasteiger partial charge in [-0.1, -0.05) is 0 Å². The van der Waals surface area contributed by atoms with Crippen LogP contribution in [0, 0.1) is 12.7 Å². The molecule has 0 saturated heterocycles. The normalized spacial score (nSPS) is 11.0. The van der Waals surface area contributed by atoms with E-state index in [4.69, 9.17) is 9.84 Å². The number of ether oxygens (including phenoxy) is 1. The van der Waals surface area contributed by atoms with Crippen LogP contribution in [0.2, 0.25) is 0 Å². The molecule has 0 spiro atoms. The monoisotopic (exact) mass is 269 g/mol. The largest absolute Gasteiger partial charge is 0.478 e. The van der Waals surface area contributed by atoms with Crippen LogP contribution in [0.15, 0.2) is 12.1 Å². The molecule has 0 aliphatic heterocycles. The van der Waals surface area contributed by atoms with Crippen molar-refractivity contribution in [2.45, 2.75) is 33.3 Å². The number of carbonyl (C=O) groups excluding carboxylic acids is 1. The van der Waals surface area contributed by atoms with Gasteiger partial charge in [0.05, 0.1) is 5.56 Å². The molecule has 104 valence electrons. The summed E-state index contributed by atoms with van der Waals surface area (Å²) in [6, 6.07) is 2.32. The number of rotatable bonds is 2. The lowest BCUT2D eigenvalue weighted by molar-refractivity contribution is 0.0634. The van der Waals surface area contributed by atoms with Crippen LogP contribution in [-0.4, -0.2) is 22.8 Å². The predicted molar refractivity (Wildman–Crippen MR) is 68.0 cm³/mol. The van der Waals surface area contributed by atoms with Gasteiger partial charge in [0.1, 0.15) is 11.4 Å². The smallest absolute Gasteiger partial charge is 0.412 e. The number of carboxylic acids is 1. The summed E-state index contributed by atoms with van der Waals surface area (Å²) in [6.07, 6.45) is -0.727. The highest BCUT2D eigenvalue weighted by molar-refractivity contribution is 5.91. The van der Waals surface area contributed by atoms with Gasteiger partial charge in [0, 0.05) is 5.69 Å². The number of carbonyl (C=O) groups is 2. The Morgan fingerprint density at radius 2 is 1.89 bits per heavy atom. The molecule has 0 atom stereocenters. The number of aromatic carboxylic acids is 1. The average molecular weight is 269 g/mol. The van der Waals surface area contributed by atoms with Crippen LogP contribution in [0.5, 0.6) is 0 Å². The standard InChI is InChI=1S/C13H16FNO4/c1-7-5-8(6-9(14)10(7)11(16)17)15-12(18)19-13(2,3)4/h5-6H,1-4H3,(H,15,18)(H,16,17). The summed E-state index contributed by atoms with van der Waals surface area (Å²) in [4.78, 5) is 22.3. The van der Waals surface area contributed by atoms with E-state index in [9.17, 15) is 14.0 Å². The quantitative estimate of drug-likeness (QED) is 0.864. The fourth-order valence-corrected chi connectivity index (χ4v) is 1.51. The number of benzene rings is 1. The van der Waals surface area contributed by atoms with E-state index < -0.39 is 29.0 Å². The first-order valence-electron chi connectivity index (χ1n) is 5.63. The second kappa shape index (κ2) is 5.26. The molecule has 5 nitrogen and oxygen atoms in total. The first-order chi connectivity index (χ1) is 8.60. The number of amides is 1. The molecule has 0 unspecified atom stereocenters. The second-order valence-corrected chi connectivity index (χ2v) is 5.08. The molecule has 0 radical (unpaired) electrons. The van der Waals surface area contributed by atoms with Crippen molar-refractivity contribution in [1.82, 2.24) is 0 Å². The Kier molecular flexibility index (Phi) is 4.14. The third kappa shape index (κ3) is 4.24. The van der Waals surface area contributed by atoms with E-state index in [0.717, 1.165) is 6.07 Å². The Morgan fingerprint density at radius 1 is 1.32 bits per heavy atom. The zero-order valence-electron chi connectivity index (χ0n) is 11.2. The molecule has 6 heteroatoms. The van der Waals surface area contributed by atoms with Crippen molar-refractivity contribution in [3.63, 3.8) is 0 Å². The Morgan fingerprint density at radius 3 is 2.32 bits per heavy atom. The lowest BCUT2D eigenvalue weighted by Gasteiger charge is -2.19. The summed E-state index contributed by atoms with van der Waals surface area (Å²) in [7, 11) is 0. The minimum Gasteiger partial charge on any atom is -0.478 e. The number of anilines is 1. The average Bonchev–Trinajstić information content (AvgIpc) is 2.10. The molecule has 0 heterocycles. The molecule has 0 aliphatic rings. The SMILES string of the molecule is Cc1cc(NC(=O)OC(C)(C)C)cc(F)c1C(=O)O. The van der Waals surface area contributed by atoms with Crippen molar-refractivity contribution in [1.29, 1.82) is 0 Å². The second-order valence-electron chi connectivity index (χ2n) is 5.08. The number of carboxylic acid groups (broad SMARTS) is 1. The number of hydrogen-bond donors (Lipinski definition) is 2. The van der Waals surface area contributed by atoms with Gasteiger partial charge in [-0.15, -0.1) is 0 Å². The number of aryl methyl sites for hydroxylation is 1. The van der Waals surface area contributed by atoms with Gasteiger partial charge < -0.3 is 9.84 Å². The van der Waals surface area contributed by atoms with Crippen molar-refractivity contribution in [2.75, 3.05) is 5.32 Å². The summed E-state index contributed by atoms with van der Waals surface area (Å²) in [5, 5.41) is 11.2. The molecule has 1 aromatic rings. The third-order valence-corrected chi connectivity index (χ3v) is 2.15. The van der Waals surface area contributed by atoms with Crippen molar-refractivity contribution >= 4 is 17.7 Å². The van der Waals surface area contributed by atoms with Gasteiger partial charge in [0.25, 0.3) is 0 Å². The maximum Gasteiger partial charge on any atom is 0.412 e. The van der Waals surface area contributed by atoms with Crippen molar-refractivity contribution < 1.29 is 23.8 Å². The van der Waals surface area contributed by atoms with Crippen LogP contribution < -0.4 is 5.32 Å². The molecular weight excluding hydrogens is 253 g/mol. The predicted octanol–water partition coefficient (Wildman–Crippen LogP) is 3.18. The van der Waals surface area contributed by atoms with Crippen molar-refractivity contribution in [2.24, 2.45) is 0 Å². The zero-order chi connectivity index (χ0) is 14.8. The molecule has 1 aromatic carbocycles. The lowest BCUT2D eigenvalue weighted by atomic mass is 10.1. The maximum absolute atomic E-state index is 13.6. The number of nitrogens with one attached hydrogen (secondary N) is 1. The summed E-state index contributed by atoms with van der Waals surface area (Å²) in [6.45, 7) is 6.55. The van der Waals surface area contributed by atoms with E-state index in [1.165, 1.54) is 13.0 Å². The molecule has 1 rings (SSSR count). The fraction of sp³-hybridized carbons (Fsp3) is 0.385. The highest BCUT2D eigenvalue weighted by atomic mass is 19.1. The highest BCUT2D eigenvalue weighted by Gasteiger charge is 2.18. The van der Waals surface area contributed by atoms with E-state index in [-0.39, 0.29) is 11.3 Å².